The molecule has 0 bridgehead atoms. The Balaban J connectivity index is 1.80. The summed E-state index contributed by atoms with van der Waals surface area (Å²) in [5.41, 5.74) is 0.00562. The average molecular weight is 516 g/mol. The molecule has 3 atom stereocenters. The van der Waals surface area contributed by atoms with Crippen molar-refractivity contribution in [3.63, 3.8) is 0 Å². The van der Waals surface area contributed by atoms with E-state index < -0.39 is 41.0 Å². The van der Waals surface area contributed by atoms with E-state index in [1.54, 1.807) is 19.9 Å². The number of esters is 1. The second-order valence-corrected chi connectivity index (χ2v) is 9.55. The van der Waals surface area contributed by atoms with E-state index in [0.29, 0.717) is 27.9 Å². The van der Waals surface area contributed by atoms with Crippen LogP contribution in [-0.2, 0) is 33.1 Å². The van der Waals surface area contributed by atoms with Crippen LogP contribution in [0.4, 0.5) is 4.39 Å². The van der Waals surface area contributed by atoms with Crippen molar-refractivity contribution in [3.05, 3.63) is 61.6 Å². The van der Waals surface area contributed by atoms with E-state index in [2.05, 4.69) is 10.3 Å². The molecule has 36 heavy (non-hydrogen) atoms. The molecule has 3 aromatic rings. The molecule has 1 aromatic carbocycles. The van der Waals surface area contributed by atoms with Crippen LogP contribution in [0.5, 0.6) is 0 Å². The smallest absolute Gasteiger partial charge is 0.343 e. The molecule has 0 unspecified atom stereocenters. The van der Waals surface area contributed by atoms with Gasteiger partial charge >= 0.3 is 5.97 Å². The number of pyridine rings is 2. The molecular formula is C25H23ClFN3O6. The van der Waals surface area contributed by atoms with Crippen LogP contribution in [-0.4, -0.2) is 37.7 Å². The Morgan fingerprint density at radius 1 is 1.31 bits per heavy atom. The van der Waals surface area contributed by atoms with Gasteiger partial charge in [0, 0.05) is 22.6 Å². The van der Waals surface area contributed by atoms with Crippen molar-refractivity contribution in [1.29, 1.82) is 0 Å². The van der Waals surface area contributed by atoms with Crippen LogP contribution in [0.2, 0.25) is 5.02 Å². The Kier molecular flexibility index (Phi) is 5.66. The molecule has 2 aliphatic heterocycles. The standard InChI is InChI=1S/C25H23ClFN3O6/c1-4-25(35)15-6-19-21-13(8-30(19)23(33)14(15)9-36-24(25)34)20(10(2)28-22(32)11(3)31)12-5-16(26)17(27)7-18(12)29-21/h5-7,10-11,31,35H,4,8-9H2,1-3H3,(H,28,32)/t10-,11+,25+/m1/s1. The Morgan fingerprint density at radius 3 is 2.69 bits per heavy atom. The number of hydrogen-bond acceptors (Lipinski definition) is 7. The number of carbonyl (C=O) groups is 2. The summed E-state index contributed by atoms with van der Waals surface area (Å²) in [6.45, 7) is 4.46. The van der Waals surface area contributed by atoms with Crippen LogP contribution in [0, 0.1) is 5.82 Å². The maximum atomic E-state index is 14.4. The molecule has 0 saturated carbocycles. The van der Waals surface area contributed by atoms with Gasteiger partial charge in [-0.05, 0) is 38.0 Å². The number of aromatic nitrogens is 2. The van der Waals surface area contributed by atoms with E-state index in [1.807, 2.05) is 0 Å². The molecule has 2 aromatic heterocycles. The molecule has 2 aliphatic rings. The molecule has 9 nitrogen and oxygen atoms in total. The van der Waals surface area contributed by atoms with Crippen LogP contribution in [0.15, 0.2) is 23.0 Å². The van der Waals surface area contributed by atoms with E-state index in [1.165, 1.54) is 23.6 Å². The zero-order valence-corrected chi connectivity index (χ0v) is 20.4. The summed E-state index contributed by atoms with van der Waals surface area (Å²) in [5, 5.41) is 23.8. The number of aliphatic hydroxyl groups is 2. The fraction of sp³-hybridized carbons (Fsp3) is 0.360. The zero-order valence-electron chi connectivity index (χ0n) is 19.7. The number of nitrogens with one attached hydrogen (secondary N) is 1. The lowest BCUT2D eigenvalue weighted by Crippen LogP contribution is -2.44. The van der Waals surface area contributed by atoms with Crippen molar-refractivity contribution in [2.45, 2.75) is 58.1 Å². The SMILES string of the molecule is CC[C@@]1(O)C(=O)OCc2c1cc1n(c2=O)Cc2c-1nc1cc(F)c(Cl)cc1c2[C@@H](C)NC(=O)[C@H](C)O. The third-order valence-corrected chi connectivity index (χ3v) is 7.23. The summed E-state index contributed by atoms with van der Waals surface area (Å²) in [6.07, 6.45) is -1.26. The Labute approximate surface area is 209 Å². The second-order valence-electron chi connectivity index (χ2n) is 9.15. The second kappa shape index (κ2) is 8.36. The van der Waals surface area contributed by atoms with E-state index >= 15 is 0 Å². The highest BCUT2D eigenvalue weighted by molar-refractivity contribution is 6.31. The molecular weight excluding hydrogens is 493 g/mol. The maximum absolute atomic E-state index is 14.4. The quantitative estimate of drug-likeness (QED) is 0.356. The number of fused-ring (bicyclic) bond motifs is 5. The number of amides is 1. The lowest BCUT2D eigenvalue weighted by molar-refractivity contribution is -0.172. The number of benzene rings is 1. The van der Waals surface area contributed by atoms with Gasteiger partial charge in [0.25, 0.3) is 5.56 Å². The first kappa shape index (κ1) is 24.4. The van der Waals surface area contributed by atoms with E-state index in [4.69, 9.17) is 16.3 Å². The van der Waals surface area contributed by atoms with Gasteiger partial charge in [0.1, 0.15) is 18.5 Å². The number of nitrogens with zero attached hydrogens (tertiary/aromatic N) is 2. The number of hydrogen-bond donors (Lipinski definition) is 3. The summed E-state index contributed by atoms with van der Waals surface area (Å²) in [5.74, 6) is -2.13. The number of ether oxygens (including phenoxy) is 1. The van der Waals surface area contributed by atoms with Gasteiger partial charge < -0.3 is 24.8 Å². The van der Waals surface area contributed by atoms with Crippen molar-refractivity contribution in [2.75, 3.05) is 0 Å². The molecule has 1 amide bonds. The number of carbonyl (C=O) groups excluding carboxylic acids is 2. The number of cyclic esters (lactones) is 1. The molecule has 3 N–H and O–H groups in total. The highest BCUT2D eigenvalue weighted by atomic mass is 35.5. The van der Waals surface area contributed by atoms with Crippen LogP contribution < -0.4 is 10.9 Å². The molecule has 0 saturated heterocycles. The van der Waals surface area contributed by atoms with Gasteiger partial charge in [-0.3, -0.25) is 9.59 Å². The van der Waals surface area contributed by atoms with Gasteiger partial charge in [0.2, 0.25) is 5.91 Å². The van der Waals surface area contributed by atoms with Crippen molar-refractivity contribution in [2.24, 2.45) is 0 Å². The normalized spacial score (nSPS) is 19.8. The lowest BCUT2D eigenvalue weighted by atomic mass is 9.86. The topological polar surface area (TPSA) is 131 Å². The Morgan fingerprint density at radius 2 is 2.03 bits per heavy atom. The monoisotopic (exact) mass is 515 g/mol. The van der Waals surface area contributed by atoms with Gasteiger partial charge in [-0.25, -0.2) is 14.2 Å². The molecule has 11 heteroatoms. The molecule has 0 fully saturated rings. The average Bonchev–Trinajstić information content (AvgIpc) is 3.19. The van der Waals surface area contributed by atoms with Crippen LogP contribution >= 0.6 is 11.6 Å². The van der Waals surface area contributed by atoms with Crippen molar-refractivity contribution in [1.82, 2.24) is 14.9 Å². The minimum atomic E-state index is -1.98. The Hall–Kier alpha value is -3.34. The van der Waals surface area contributed by atoms with E-state index in [0.717, 1.165) is 0 Å². The summed E-state index contributed by atoms with van der Waals surface area (Å²) < 4.78 is 21.0. The fourth-order valence-corrected chi connectivity index (χ4v) is 5.17. The Bertz CT molecular complexity index is 1530. The van der Waals surface area contributed by atoms with E-state index in [-0.39, 0.29) is 41.2 Å². The first-order valence-corrected chi connectivity index (χ1v) is 11.8. The summed E-state index contributed by atoms with van der Waals surface area (Å²) in [6, 6.07) is 3.48. The molecule has 4 heterocycles. The largest absolute Gasteiger partial charge is 0.458 e. The van der Waals surface area contributed by atoms with Crippen LogP contribution in [0.25, 0.3) is 22.3 Å². The lowest BCUT2D eigenvalue weighted by Gasteiger charge is -2.31. The van der Waals surface area contributed by atoms with Gasteiger partial charge in [0.15, 0.2) is 5.60 Å². The predicted octanol–water partition coefficient (Wildman–Crippen LogP) is 2.43. The molecule has 5 rings (SSSR count). The third kappa shape index (κ3) is 3.43. The van der Waals surface area contributed by atoms with Crippen molar-refractivity contribution in [3.8, 4) is 11.4 Å². The van der Waals surface area contributed by atoms with Crippen LogP contribution in [0.1, 0.15) is 55.5 Å². The van der Waals surface area contributed by atoms with Gasteiger partial charge in [-0.15, -0.1) is 0 Å². The number of halogens is 2. The predicted molar refractivity (Wildman–Crippen MR) is 128 cm³/mol. The minimum Gasteiger partial charge on any atom is -0.458 e. The van der Waals surface area contributed by atoms with E-state index in [9.17, 15) is 29.0 Å². The molecule has 188 valence electrons. The van der Waals surface area contributed by atoms with Crippen molar-refractivity contribution < 1.29 is 28.9 Å². The summed E-state index contributed by atoms with van der Waals surface area (Å²) in [7, 11) is 0. The first-order valence-electron chi connectivity index (χ1n) is 11.4. The zero-order chi connectivity index (χ0) is 26.1. The highest BCUT2D eigenvalue weighted by Crippen LogP contribution is 2.42. The van der Waals surface area contributed by atoms with Gasteiger partial charge in [0.05, 0.1) is 40.1 Å². The fourth-order valence-electron chi connectivity index (χ4n) is 5.01. The van der Waals surface area contributed by atoms with Crippen LogP contribution in [0.3, 0.4) is 0 Å². The number of aliphatic hydroxyl groups excluding tert-OH is 1. The van der Waals surface area contributed by atoms with Gasteiger partial charge in [-0.1, -0.05) is 18.5 Å². The summed E-state index contributed by atoms with van der Waals surface area (Å²) in [4.78, 5) is 42.8. The summed E-state index contributed by atoms with van der Waals surface area (Å²) >= 11 is 6.07. The minimum absolute atomic E-state index is 0.00287. The first-order chi connectivity index (χ1) is 17.0. The number of rotatable bonds is 4. The molecule has 0 spiro atoms. The molecule has 0 radical (unpaired) electrons. The molecule has 0 aliphatic carbocycles. The third-order valence-electron chi connectivity index (χ3n) is 6.94. The van der Waals surface area contributed by atoms with Gasteiger partial charge in [-0.2, -0.15) is 0 Å². The maximum Gasteiger partial charge on any atom is 0.343 e. The highest BCUT2D eigenvalue weighted by Gasteiger charge is 2.45. The van der Waals surface area contributed by atoms with Crippen molar-refractivity contribution >= 4 is 34.4 Å².